The van der Waals surface area contributed by atoms with E-state index < -0.39 is 0 Å². The molecule has 32 heavy (non-hydrogen) atoms. The van der Waals surface area contributed by atoms with Crippen molar-refractivity contribution >= 4 is 5.91 Å². The topological polar surface area (TPSA) is 32.8 Å². The van der Waals surface area contributed by atoms with Gasteiger partial charge >= 0.3 is 0 Å². The van der Waals surface area contributed by atoms with Gasteiger partial charge in [0.15, 0.2) is 0 Å². The van der Waals surface area contributed by atoms with Crippen LogP contribution in [-0.4, -0.2) is 62.1 Å². The fourth-order valence-electron chi connectivity index (χ4n) is 7.17. The van der Waals surface area contributed by atoms with Crippen LogP contribution < -0.4 is 0 Å². The van der Waals surface area contributed by atoms with E-state index >= 15 is 0 Å². The van der Waals surface area contributed by atoms with Crippen molar-refractivity contribution in [3.63, 3.8) is 0 Å². The van der Waals surface area contributed by atoms with Crippen LogP contribution >= 0.6 is 0 Å². The Morgan fingerprint density at radius 3 is 2.62 bits per heavy atom. The average molecular weight is 439 g/mol. The predicted molar refractivity (Wildman–Crippen MR) is 129 cm³/mol. The Hall–Kier alpha value is -1.39. The maximum absolute atomic E-state index is 14.0. The molecule has 3 saturated heterocycles. The van der Waals surface area contributed by atoms with E-state index in [-0.39, 0.29) is 5.41 Å². The smallest absolute Gasteiger partial charge is 0.229 e. The minimum absolute atomic E-state index is 0.277. The van der Waals surface area contributed by atoms with Gasteiger partial charge in [-0.3, -0.25) is 4.79 Å². The molecule has 4 aliphatic rings. The lowest BCUT2D eigenvalue weighted by Gasteiger charge is -2.40. The third-order valence-corrected chi connectivity index (χ3v) is 9.13. The first kappa shape index (κ1) is 22.4. The van der Waals surface area contributed by atoms with E-state index in [0.717, 1.165) is 52.1 Å². The van der Waals surface area contributed by atoms with Crippen LogP contribution in [0.5, 0.6) is 0 Å². The van der Waals surface area contributed by atoms with Crippen LogP contribution in [0.25, 0.3) is 0 Å². The zero-order chi connectivity index (χ0) is 22.0. The van der Waals surface area contributed by atoms with Crippen molar-refractivity contribution in [1.82, 2.24) is 9.80 Å². The van der Waals surface area contributed by atoms with Crippen LogP contribution in [0, 0.1) is 10.8 Å². The second-order valence-electron chi connectivity index (χ2n) is 11.5. The molecule has 3 aliphatic heterocycles. The first-order valence-corrected chi connectivity index (χ1v) is 13.2. The highest BCUT2D eigenvalue weighted by molar-refractivity contribution is 5.83. The van der Waals surface area contributed by atoms with Crippen LogP contribution in [0.2, 0.25) is 0 Å². The Morgan fingerprint density at radius 1 is 1.03 bits per heavy atom. The van der Waals surface area contributed by atoms with E-state index in [4.69, 9.17) is 4.74 Å². The summed E-state index contributed by atoms with van der Waals surface area (Å²) in [6.45, 7) is 5.77. The Morgan fingerprint density at radius 2 is 1.84 bits per heavy atom. The van der Waals surface area contributed by atoms with E-state index in [0.29, 0.717) is 17.2 Å². The van der Waals surface area contributed by atoms with Crippen LogP contribution in [0.1, 0.15) is 81.3 Å². The van der Waals surface area contributed by atoms with Gasteiger partial charge in [0.1, 0.15) is 0 Å². The van der Waals surface area contributed by atoms with E-state index in [1.165, 1.54) is 69.0 Å². The van der Waals surface area contributed by atoms with Gasteiger partial charge < -0.3 is 14.5 Å². The average Bonchev–Trinajstić information content (AvgIpc) is 3.23. The SMILES string of the molecule is CN1CCCC(c2cccc(CC3(C(=O)N4CCC5(CCCCC5)C4)CCOCC3)c2)C1. The monoisotopic (exact) mass is 438 g/mol. The summed E-state index contributed by atoms with van der Waals surface area (Å²) in [5.41, 5.74) is 2.96. The van der Waals surface area contributed by atoms with Crippen molar-refractivity contribution < 1.29 is 9.53 Å². The molecule has 0 bridgehead atoms. The van der Waals surface area contributed by atoms with Crippen LogP contribution in [0.3, 0.4) is 0 Å². The quantitative estimate of drug-likeness (QED) is 0.662. The number of hydrogen-bond donors (Lipinski definition) is 0. The zero-order valence-electron chi connectivity index (χ0n) is 20.1. The molecule has 1 unspecified atom stereocenters. The lowest BCUT2D eigenvalue weighted by Crippen LogP contribution is -2.48. The normalized spacial score (nSPS) is 28.2. The molecule has 5 rings (SSSR count). The number of likely N-dealkylation sites (N-methyl/N-ethyl adjacent to an activating group) is 1. The number of carbonyl (C=O) groups excluding carboxylic acids is 1. The molecule has 1 aliphatic carbocycles. The molecule has 0 aromatic heterocycles. The lowest BCUT2D eigenvalue weighted by molar-refractivity contribution is -0.147. The van der Waals surface area contributed by atoms with E-state index in [2.05, 4.69) is 41.1 Å². The number of piperidine rings is 1. The molecule has 1 saturated carbocycles. The Balaban J connectivity index is 1.33. The highest BCUT2D eigenvalue weighted by Crippen LogP contribution is 2.46. The fourth-order valence-corrected chi connectivity index (χ4v) is 7.17. The van der Waals surface area contributed by atoms with E-state index in [9.17, 15) is 4.79 Å². The van der Waals surface area contributed by atoms with Crippen molar-refractivity contribution in [2.24, 2.45) is 10.8 Å². The van der Waals surface area contributed by atoms with Gasteiger partial charge in [-0.05, 0) is 87.4 Å². The molecule has 4 heteroatoms. The van der Waals surface area contributed by atoms with Gasteiger partial charge in [0, 0.05) is 32.8 Å². The largest absolute Gasteiger partial charge is 0.381 e. The molecular weight excluding hydrogens is 396 g/mol. The van der Waals surface area contributed by atoms with E-state index in [1.807, 2.05) is 0 Å². The molecule has 4 nitrogen and oxygen atoms in total. The molecule has 4 fully saturated rings. The van der Waals surface area contributed by atoms with Gasteiger partial charge in [0.05, 0.1) is 5.41 Å². The van der Waals surface area contributed by atoms with Gasteiger partial charge in [-0.1, -0.05) is 43.5 Å². The first-order chi connectivity index (χ1) is 15.6. The van der Waals surface area contributed by atoms with Crippen LogP contribution in [-0.2, 0) is 16.0 Å². The van der Waals surface area contributed by atoms with Gasteiger partial charge in [0.25, 0.3) is 0 Å². The minimum Gasteiger partial charge on any atom is -0.381 e. The Kier molecular flexibility index (Phi) is 6.63. The number of amides is 1. The Bertz CT molecular complexity index is 794. The summed E-state index contributed by atoms with van der Waals surface area (Å²) in [5.74, 6) is 1.05. The fraction of sp³-hybridized carbons (Fsp3) is 0.750. The van der Waals surface area contributed by atoms with Gasteiger partial charge in [0.2, 0.25) is 5.91 Å². The molecule has 1 spiro atoms. The molecule has 0 radical (unpaired) electrons. The maximum atomic E-state index is 14.0. The number of rotatable bonds is 4. The molecule has 176 valence electrons. The second-order valence-corrected chi connectivity index (χ2v) is 11.5. The highest BCUT2D eigenvalue weighted by atomic mass is 16.5. The molecule has 1 aromatic rings. The number of nitrogens with zero attached hydrogens (tertiary/aromatic N) is 2. The van der Waals surface area contributed by atoms with Crippen molar-refractivity contribution in [2.75, 3.05) is 46.4 Å². The standard InChI is InChI=1S/C28H42N2O2/c1-29-15-6-9-25(21-29)24-8-5-7-23(19-24)20-28(13-17-32-18-14-28)26(31)30-16-12-27(22-30)10-3-2-4-11-27/h5,7-8,19,25H,2-4,6,9-18,20-22H2,1H3. The van der Waals surface area contributed by atoms with Crippen molar-refractivity contribution in [2.45, 2.75) is 76.5 Å². The predicted octanol–water partition coefficient (Wildman–Crippen LogP) is 5.02. The third kappa shape index (κ3) is 4.63. The summed E-state index contributed by atoms with van der Waals surface area (Å²) in [7, 11) is 2.24. The third-order valence-electron chi connectivity index (χ3n) is 9.13. The summed E-state index contributed by atoms with van der Waals surface area (Å²) < 4.78 is 5.74. The molecule has 1 atom stereocenters. The number of benzene rings is 1. The number of carbonyl (C=O) groups is 1. The zero-order valence-corrected chi connectivity index (χ0v) is 20.1. The molecule has 3 heterocycles. The van der Waals surface area contributed by atoms with Crippen LogP contribution in [0.4, 0.5) is 0 Å². The van der Waals surface area contributed by atoms with Gasteiger partial charge in [-0.15, -0.1) is 0 Å². The Labute approximate surface area is 194 Å². The van der Waals surface area contributed by atoms with Crippen molar-refractivity contribution in [1.29, 1.82) is 0 Å². The minimum atomic E-state index is -0.277. The summed E-state index contributed by atoms with van der Waals surface area (Å²) >= 11 is 0. The molecular formula is C28H42N2O2. The van der Waals surface area contributed by atoms with Gasteiger partial charge in [-0.2, -0.15) is 0 Å². The van der Waals surface area contributed by atoms with Crippen molar-refractivity contribution in [3.8, 4) is 0 Å². The van der Waals surface area contributed by atoms with Crippen LogP contribution in [0.15, 0.2) is 24.3 Å². The second kappa shape index (κ2) is 9.46. The lowest BCUT2D eigenvalue weighted by atomic mass is 9.72. The van der Waals surface area contributed by atoms with Crippen molar-refractivity contribution in [3.05, 3.63) is 35.4 Å². The highest BCUT2D eigenvalue weighted by Gasteiger charge is 2.47. The summed E-state index contributed by atoms with van der Waals surface area (Å²) in [4.78, 5) is 18.8. The summed E-state index contributed by atoms with van der Waals surface area (Å²) in [6, 6.07) is 9.21. The van der Waals surface area contributed by atoms with E-state index in [1.54, 1.807) is 0 Å². The number of hydrogen-bond acceptors (Lipinski definition) is 3. The van der Waals surface area contributed by atoms with Gasteiger partial charge in [-0.25, -0.2) is 0 Å². The molecule has 0 N–H and O–H groups in total. The summed E-state index contributed by atoms with van der Waals surface area (Å²) in [5, 5.41) is 0. The number of likely N-dealkylation sites (tertiary alicyclic amines) is 2. The summed E-state index contributed by atoms with van der Waals surface area (Å²) in [6.07, 6.45) is 13.1. The molecule has 1 aromatic carbocycles. The maximum Gasteiger partial charge on any atom is 0.229 e. The number of ether oxygens (including phenoxy) is 1. The first-order valence-electron chi connectivity index (χ1n) is 13.2. The molecule has 1 amide bonds.